The average molecular weight is 497 g/mol. The summed E-state index contributed by atoms with van der Waals surface area (Å²) in [4.78, 5) is 53.1. The summed E-state index contributed by atoms with van der Waals surface area (Å²) in [5.74, 6) is -2.35. The molecule has 1 aromatic rings. The molecule has 2 N–H and O–H groups in total. The zero-order valence-corrected chi connectivity index (χ0v) is 21.9. The van der Waals surface area contributed by atoms with Gasteiger partial charge in [-0.25, -0.2) is 9.59 Å². The lowest BCUT2D eigenvalue weighted by molar-refractivity contribution is -0.806. The van der Waals surface area contributed by atoms with Crippen LogP contribution in [0.5, 0.6) is 0 Å². The number of nitrogens with zero attached hydrogens (tertiary/aromatic N) is 2. The van der Waals surface area contributed by atoms with Crippen molar-refractivity contribution < 1.29 is 28.8 Å². The van der Waals surface area contributed by atoms with Gasteiger partial charge in [-0.3, -0.25) is 19.0 Å². The van der Waals surface area contributed by atoms with E-state index in [0.29, 0.717) is 17.7 Å². The number of amides is 3. The van der Waals surface area contributed by atoms with Gasteiger partial charge < -0.3 is 10.4 Å². The van der Waals surface area contributed by atoms with Gasteiger partial charge in [-0.15, -0.1) is 0 Å². The van der Waals surface area contributed by atoms with E-state index in [2.05, 4.69) is 11.9 Å². The molecular formula is C28H38N3O5+. The van der Waals surface area contributed by atoms with Crippen molar-refractivity contribution in [3.8, 4) is 0 Å². The Morgan fingerprint density at radius 1 is 1.22 bits per heavy atom. The molecule has 8 nitrogen and oxygen atoms in total. The normalized spacial score (nSPS) is 17.7. The van der Waals surface area contributed by atoms with Gasteiger partial charge in [0.25, 0.3) is 5.91 Å². The highest BCUT2D eigenvalue weighted by atomic mass is 16.4. The maximum atomic E-state index is 13.7. The Labute approximate surface area is 213 Å². The molecule has 194 valence electrons. The van der Waals surface area contributed by atoms with E-state index >= 15 is 0 Å². The summed E-state index contributed by atoms with van der Waals surface area (Å²) in [6.07, 6.45) is 5.92. The fourth-order valence-corrected chi connectivity index (χ4v) is 4.32. The van der Waals surface area contributed by atoms with E-state index < -0.39 is 24.0 Å². The second kappa shape index (κ2) is 12.4. The summed E-state index contributed by atoms with van der Waals surface area (Å²) in [6.45, 7) is 9.10. The van der Waals surface area contributed by atoms with Crippen molar-refractivity contribution in [2.75, 3.05) is 20.6 Å². The number of rotatable bonds is 11. The SMILES string of the molecule is C=CC1=C(C=CC)N(C(=O)C[N+](C)(C)C(=O)C(NC(=O)Cc2ccccc2)C(C)CC)C(C(=O)O)C1. The highest BCUT2D eigenvalue weighted by Crippen LogP contribution is 2.31. The molecule has 3 unspecified atom stereocenters. The second-order valence-electron chi connectivity index (χ2n) is 9.71. The number of quaternary nitrogens is 1. The van der Waals surface area contributed by atoms with E-state index in [1.54, 1.807) is 39.2 Å². The Morgan fingerprint density at radius 2 is 1.86 bits per heavy atom. The Kier molecular flexibility index (Phi) is 9.93. The molecule has 0 bridgehead atoms. The summed E-state index contributed by atoms with van der Waals surface area (Å²) in [5, 5.41) is 12.6. The van der Waals surface area contributed by atoms with Gasteiger partial charge in [0.15, 0.2) is 6.54 Å². The zero-order valence-electron chi connectivity index (χ0n) is 21.9. The van der Waals surface area contributed by atoms with Crippen molar-refractivity contribution in [1.29, 1.82) is 0 Å². The van der Waals surface area contributed by atoms with Crippen LogP contribution in [0.25, 0.3) is 0 Å². The molecule has 0 fully saturated rings. The Bertz CT molecular complexity index is 1060. The minimum absolute atomic E-state index is 0.142. The van der Waals surface area contributed by atoms with Crippen molar-refractivity contribution in [2.24, 2.45) is 5.92 Å². The van der Waals surface area contributed by atoms with Crippen molar-refractivity contribution in [2.45, 2.75) is 52.1 Å². The first kappa shape index (κ1) is 28.7. The molecule has 2 rings (SSSR count). The van der Waals surface area contributed by atoms with Crippen LogP contribution in [0.2, 0.25) is 0 Å². The van der Waals surface area contributed by atoms with E-state index in [-0.39, 0.29) is 41.6 Å². The molecule has 0 aromatic heterocycles. The summed E-state index contributed by atoms with van der Waals surface area (Å²) in [6, 6.07) is 7.40. The molecule has 36 heavy (non-hydrogen) atoms. The lowest BCUT2D eigenvalue weighted by Crippen LogP contribution is -2.61. The maximum Gasteiger partial charge on any atom is 0.336 e. The number of allylic oxidation sites excluding steroid dienone is 3. The average Bonchev–Trinajstić information content (AvgIpc) is 3.21. The molecule has 3 amide bonds. The molecule has 0 spiro atoms. The van der Waals surface area contributed by atoms with Crippen LogP contribution in [-0.2, 0) is 25.6 Å². The number of carbonyl (C=O) groups is 4. The molecule has 0 radical (unpaired) electrons. The molecule has 0 saturated heterocycles. The Morgan fingerprint density at radius 3 is 2.39 bits per heavy atom. The van der Waals surface area contributed by atoms with Crippen LogP contribution >= 0.6 is 0 Å². The van der Waals surface area contributed by atoms with Crippen LogP contribution in [0, 0.1) is 5.92 Å². The smallest absolute Gasteiger partial charge is 0.336 e. The van der Waals surface area contributed by atoms with Crippen molar-refractivity contribution >= 4 is 23.7 Å². The molecule has 8 heteroatoms. The summed E-state index contributed by atoms with van der Waals surface area (Å²) in [5.41, 5.74) is 1.98. The number of carbonyl (C=O) groups excluding carboxylic acids is 3. The van der Waals surface area contributed by atoms with E-state index in [9.17, 15) is 24.3 Å². The van der Waals surface area contributed by atoms with Gasteiger partial charge in [0, 0.05) is 12.1 Å². The Balaban J connectivity index is 2.27. The second-order valence-corrected chi connectivity index (χ2v) is 9.71. The van der Waals surface area contributed by atoms with Crippen molar-refractivity contribution in [1.82, 2.24) is 10.2 Å². The number of aliphatic carboxylic acids is 1. The fraction of sp³-hybridized carbons (Fsp3) is 0.429. The summed E-state index contributed by atoms with van der Waals surface area (Å²) >= 11 is 0. The number of hydrogen-bond acceptors (Lipinski definition) is 4. The largest absolute Gasteiger partial charge is 0.480 e. The Hall–Kier alpha value is -3.52. The van der Waals surface area contributed by atoms with E-state index in [4.69, 9.17) is 0 Å². The minimum atomic E-state index is -1.12. The van der Waals surface area contributed by atoms with E-state index in [1.807, 2.05) is 44.2 Å². The lowest BCUT2D eigenvalue weighted by atomic mass is 9.96. The highest BCUT2D eigenvalue weighted by molar-refractivity contribution is 5.90. The lowest BCUT2D eigenvalue weighted by Gasteiger charge is -2.34. The third-order valence-electron chi connectivity index (χ3n) is 6.57. The molecule has 0 saturated carbocycles. The number of hydrogen-bond donors (Lipinski definition) is 2. The summed E-state index contributed by atoms with van der Waals surface area (Å²) < 4.78 is -0.338. The number of nitrogens with one attached hydrogen (secondary N) is 1. The number of carboxylic acids is 1. The fourth-order valence-electron chi connectivity index (χ4n) is 4.32. The van der Waals surface area contributed by atoms with Crippen LogP contribution in [0.15, 0.2) is 66.4 Å². The first-order valence-corrected chi connectivity index (χ1v) is 12.2. The standard InChI is InChI=1S/C28H37N3O5/c1-7-13-22-21(9-3)17-23(28(35)36)30(22)25(33)18-31(5,6)27(34)26(19(4)8-2)29-24(32)16-20-14-11-10-12-15-20/h7,9-15,19,23,26H,3,8,16-18H2,1-2,4-6H3,(H-,29,32,35,36)/p+1. The van der Waals surface area contributed by atoms with Gasteiger partial charge in [0.1, 0.15) is 12.1 Å². The van der Waals surface area contributed by atoms with Gasteiger partial charge in [0.05, 0.1) is 20.5 Å². The molecule has 0 aliphatic carbocycles. The number of likely N-dealkylation sites (N-methyl/N-ethyl adjacent to an activating group) is 1. The molecule has 1 aliphatic rings. The van der Waals surface area contributed by atoms with Crippen LogP contribution in [0.3, 0.4) is 0 Å². The number of benzene rings is 1. The first-order valence-electron chi connectivity index (χ1n) is 12.2. The van der Waals surface area contributed by atoms with Gasteiger partial charge in [-0.1, -0.05) is 69.3 Å². The first-order chi connectivity index (χ1) is 17.0. The van der Waals surface area contributed by atoms with Crippen LogP contribution in [-0.4, -0.2) is 70.9 Å². The maximum absolute atomic E-state index is 13.7. The predicted molar refractivity (Wildman–Crippen MR) is 138 cm³/mol. The van der Waals surface area contributed by atoms with Crippen LogP contribution in [0.1, 0.15) is 39.2 Å². The quantitative estimate of drug-likeness (QED) is 0.458. The van der Waals surface area contributed by atoms with Gasteiger partial charge >= 0.3 is 11.9 Å². The molecule has 1 aromatic carbocycles. The molecule has 1 aliphatic heterocycles. The minimum Gasteiger partial charge on any atom is -0.480 e. The third-order valence-corrected chi connectivity index (χ3v) is 6.57. The predicted octanol–water partition coefficient (Wildman–Crippen LogP) is 3.06. The third kappa shape index (κ3) is 6.79. The van der Waals surface area contributed by atoms with Gasteiger partial charge in [-0.05, 0) is 30.1 Å². The van der Waals surface area contributed by atoms with Crippen LogP contribution in [0.4, 0.5) is 0 Å². The van der Waals surface area contributed by atoms with E-state index in [1.165, 1.54) is 4.90 Å². The van der Waals surface area contributed by atoms with Crippen LogP contribution < -0.4 is 5.32 Å². The molecular weight excluding hydrogens is 458 g/mol. The van der Waals surface area contributed by atoms with Crippen molar-refractivity contribution in [3.05, 3.63) is 72.0 Å². The molecule has 1 heterocycles. The van der Waals surface area contributed by atoms with Gasteiger partial charge in [-0.2, -0.15) is 0 Å². The highest BCUT2D eigenvalue weighted by Gasteiger charge is 2.44. The zero-order chi connectivity index (χ0) is 27.0. The van der Waals surface area contributed by atoms with Crippen molar-refractivity contribution in [3.63, 3.8) is 0 Å². The molecule has 3 atom stereocenters. The van der Waals surface area contributed by atoms with E-state index in [0.717, 1.165) is 5.56 Å². The van der Waals surface area contributed by atoms with Gasteiger partial charge in [0.2, 0.25) is 5.91 Å². The summed E-state index contributed by atoms with van der Waals surface area (Å²) in [7, 11) is 3.22. The number of carboxylic acid groups (broad SMARTS) is 1. The monoisotopic (exact) mass is 496 g/mol. The topological polar surface area (TPSA) is 104 Å².